The largest absolute Gasteiger partial charge is 0.487 e. The minimum Gasteiger partial charge on any atom is -0.487 e. The molecule has 0 bridgehead atoms. The van der Waals surface area contributed by atoms with Gasteiger partial charge in [0.25, 0.3) is 5.79 Å². The smallest absolute Gasteiger partial charge is 0.291 e. The Morgan fingerprint density at radius 3 is 2.05 bits per heavy atom. The third-order valence-electron chi connectivity index (χ3n) is 9.34. The van der Waals surface area contributed by atoms with Crippen LogP contribution in [0.4, 0.5) is 0 Å². The van der Waals surface area contributed by atoms with Crippen LogP contribution in [0.3, 0.4) is 0 Å². The van der Waals surface area contributed by atoms with E-state index >= 15 is 0 Å². The van der Waals surface area contributed by atoms with Crippen LogP contribution in [0.15, 0.2) is 72.3 Å². The van der Waals surface area contributed by atoms with Crippen LogP contribution in [-0.4, -0.2) is 11.9 Å². The second-order valence-corrected chi connectivity index (χ2v) is 11.8. The van der Waals surface area contributed by atoms with Gasteiger partial charge in [-0.25, -0.2) is 0 Å². The van der Waals surface area contributed by atoms with E-state index in [2.05, 4.69) is 108 Å². The standard InChI is InChI=1S/C34H30O3/c1-18-11-20(3)29-26(13-18)32(6)17-22(5)34-33(31(32)35-29,27-14-19(2)12-21(4)30(27)37-34)25-15-23-9-7-8-10-24(23)16-28(25)36-34/h7-17,31H,1-6H3/t31-,32+,33+,34-/m1/s1. The summed E-state index contributed by atoms with van der Waals surface area (Å²) in [4.78, 5) is 0. The molecule has 37 heavy (non-hydrogen) atoms. The quantitative estimate of drug-likeness (QED) is 0.241. The minimum atomic E-state index is -0.997. The predicted molar refractivity (Wildman–Crippen MR) is 146 cm³/mol. The number of fused-ring (bicyclic) bond motifs is 6. The average Bonchev–Trinajstić information content (AvgIpc) is 3.41. The fourth-order valence-corrected chi connectivity index (χ4v) is 8.03. The summed E-state index contributed by atoms with van der Waals surface area (Å²) in [5, 5.41) is 2.36. The van der Waals surface area contributed by atoms with E-state index in [0.717, 1.165) is 39.3 Å². The molecule has 0 amide bonds. The van der Waals surface area contributed by atoms with E-state index in [4.69, 9.17) is 14.2 Å². The predicted octanol–water partition coefficient (Wildman–Crippen LogP) is 7.52. The lowest BCUT2D eigenvalue weighted by Gasteiger charge is -2.49. The van der Waals surface area contributed by atoms with E-state index in [-0.39, 0.29) is 11.5 Å². The Morgan fingerprint density at radius 2 is 1.32 bits per heavy atom. The highest BCUT2D eigenvalue weighted by molar-refractivity contribution is 5.87. The van der Waals surface area contributed by atoms with E-state index in [0.29, 0.717) is 0 Å². The zero-order valence-electron chi connectivity index (χ0n) is 22.2. The van der Waals surface area contributed by atoms with Gasteiger partial charge in [-0.1, -0.05) is 65.7 Å². The Bertz CT molecular complexity index is 1750. The van der Waals surface area contributed by atoms with Crippen molar-refractivity contribution < 1.29 is 14.2 Å². The molecule has 0 fully saturated rings. The third kappa shape index (κ3) is 2.23. The molecule has 0 radical (unpaired) electrons. The van der Waals surface area contributed by atoms with Crippen molar-refractivity contribution in [3.8, 4) is 17.2 Å². The van der Waals surface area contributed by atoms with E-state index in [1.807, 2.05) is 0 Å². The van der Waals surface area contributed by atoms with Crippen LogP contribution in [0.25, 0.3) is 10.8 Å². The molecule has 0 saturated heterocycles. The highest BCUT2D eigenvalue weighted by atomic mass is 16.7. The number of hydrogen-bond donors (Lipinski definition) is 0. The highest BCUT2D eigenvalue weighted by Crippen LogP contribution is 2.71. The molecule has 1 aliphatic carbocycles. The van der Waals surface area contributed by atoms with E-state index in [1.165, 1.54) is 33.2 Å². The molecular formula is C34H30O3. The van der Waals surface area contributed by atoms with Gasteiger partial charge in [0.15, 0.2) is 0 Å². The zero-order chi connectivity index (χ0) is 25.5. The minimum absolute atomic E-state index is 0.232. The summed E-state index contributed by atoms with van der Waals surface area (Å²) >= 11 is 0. The molecule has 184 valence electrons. The lowest BCUT2D eigenvalue weighted by Crippen LogP contribution is -2.66. The number of rotatable bonds is 0. The van der Waals surface area contributed by atoms with Crippen LogP contribution in [-0.2, 0) is 10.8 Å². The molecule has 8 rings (SSSR count). The van der Waals surface area contributed by atoms with Gasteiger partial charge >= 0.3 is 0 Å². The normalized spacial score (nSPS) is 29.7. The summed E-state index contributed by atoms with van der Waals surface area (Å²) in [5.41, 5.74) is 8.45. The van der Waals surface area contributed by atoms with Gasteiger partial charge in [-0.15, -0.1) is 0 Å². The maximum Gasteiger partial charge on any atom is 0.291 e. The van der Waals surface area contributed by atoms with Crippen molar-refractivity contribution in [1.82, 2.24) is 0 Å². The van der Waals surface area contributed by atoms with Gasteiger partial charge < -0.3 is 14.2 Å². The molecule has 3 aliphatic heterocycles. The molecule has 4 atom stereocenters. The Kier molecular flexibility index (Phi) is 3.69. The first kappa shape index (κ1) is 21.4. The molecule has 4 aliphatic rings. The molecule has 0 unspecified atom stereocenters. The first-order valence-corrected chi connectivity index (χ1v) is 13.2. The van der Waals surface area contributed by atoms with Gasteiger partial charge in [-0.3, -0.25) is 0 Å². The van der Waals surface area contributed by atoms with Gasteiger partial charge in [0.1, 0.15) is 28.8 Å². The van der Waals surface area contributed by atoms with E-state index in [9.17, 15) is 0 Å². The molecule has 0 aromatic heterocycles. The lowest BCUT2D eigenvalue weighted by molar-refractivity contribution is -0.125. The van der Waals surface area contributed by atoms with Crippen molar-refractivity contribution in [2.24, 2.45) is 0 Å². The monoisotopic (exact) mass is 486 g/mol. The van der Waals surface area contributed by atoms with Gasteiger partial charge in [0.2, 0.25) is 0 Å². The summed E-state index contributed by atoms with van der Waals surface area (Å²) in [6.45, 7) is 13.2. The van der Waals surface area contributed by atoms with E-state index < -0.39 is 11.2 Å². The van der Waals surface area contributed by atoms with Crippen LogP contribution < -0.4 is 14.2 Å². The van der Waals surface area contributed by atoms with Gasteiger partial charge in [-0.05, 0) is 75.6 Å². The summed E-state index contributed by atoms with van der Waals surface area (Å²) in [6.07, 6.45) is 2.13. The fraction of sp³-hybridized carbons (Fsp3) is 0.294. The number of hydrogen-bond acceptors (Lipinski definition) is 3. The Balaban J connectivity index is 1.55. The summed E-state index contributed by atoms with van der Waals surface area (Å²) in [5.74, 6) is 1.81. The van der Waals surface area contributed by atoms with Gasteiger partial charge in [0.05, 0.1) is 5.41 Å². The lowest BCUT2D eigenvalue weighted by atomic mass is 9.54. The van der Waals surface area contributed by atoms with Crippen molar-refractivity contribution >= 4 is 10.8 Å². The SMILES string of the molecule is CC1=C[C@@]2(C)c3cc(C)cc(C)c3O[C@H]2[C@@]23c4cc5ccccc5cc4O[C@@]12Oc1c(C)cc(C)cc13. The van der Waals surface area contributed by atoms with Crippen LogP contribution in [0.2, 0.25) is 0 Å². The maximum atomic E-state index is 7.16. The Labute approximate surface area is 217 Å². The number of benzene rings is 4. The van der Waals surface area contributed by atoms with Crippen LogP contribution in [0.5, 0.6) is 17.2 Å². The number of ether oxygens (including phenoxy) is 3. The molecule has 3 heteroatoms. The molecule has 0 spiro atoms. The first-order valence-electron chi connectivity index (χ1n) is 13.2. The van der Waals surface area contributed by atoms with Crippen molar-refractivity contribution in [1.29, 1.82) is 0 Å². The van der Waals surface area contributed by atoms with Crippen molar-refractivity contribution in [3.05, 3.63) is 111 Å². The highest BCUT2D eigenvalue weighted by Gasteiger charge is 2.79. The summed E-state index contributed by atoms with van der Waals surface area (Å²) in [7, 11) is 0. The number of aryl methyl sites for hydroxylation is 4. The second kappa shape index (κ2) is 6.39. The van der Waals surface area contributed by atoms with Crippen LogP contribution in [0.1, 0.15) is 52.8 Å². The van der Waals surface area contributed by atoms with Crippen LogP contribution in [0, 0.1) is 27.7 Å². The maximum absolute atomic E-state index is 7.16. The molecule has 4 aromatic carbocycles. The topological polar surface area (TPSA) is 27.7 Å². The molecule has 0 saturated carbocycles. The molecule has 4 aromatic rings. The van der Waals surface area contributed by atoms with Crippen molar-refractivity contribution in [3.63, 3.8) is 0 Å². The zero-order valence-corrected chi connectivity index (χ0v) is 22.2. The third-order valence-corrected chi connectivity index (χ3v) is 9.34. The molecule has 3 heterocycles. The fourth-order valence-electron chi connectivity index (χ4n) is 8.03. The average molecular weight is 487 g/mol. The molecule has 0 N–H and O–H groups in total. The van der Waals surface area contributed by atoms with Gasteiger partial charge in [0, 0.05) is 22.3 Å². The summed E-state index contributed by atoms with van der Waals surface area (Å²) < 4.78 is 21.3. The van der Waals surface area contributed by atoms with Crippen molar-refractivity contribution in [2.45, 2.75) is 64.3 Å². The van der Waals surface area contributed by atoms with Crippen LogP contribution >= 0.6 is 0 Å². The second-order valence-electron chi connectivity index (χ2n) is 11.8. The van der Waals surface area contributed by atoms with Crippen molar-refractivity contribution in [2.75, 3.05) is 0 Å². The summed E-state index contributed by atoms with van der Waals surface area (Å²) in [6, 6.07) is 22.1. The Morgan fingerprint density at radius 1 is 0.676 bits per heavy atom. The van der Waals surface area contributed by atoms with Gasteiger partial charge in [-0.2, -0.15) is 0 Å². The first-order chi connectivity index (χ1) is 17.7. The van der Waals surface area contributed by atoms with E-state index in [1.54, 1.807) is 0 Å². The Hall–Kier alpha value is -3.72. The molecular weight excluding hydrogens is 456 g/mol. The molecule has 3 nitrogen and oxygen atoms in total.